The third kappa shape index (κ3) is 3.94. The van der Waals surface area contributed by atoms with E-state index in [1.54, 1.807) is 19.1 Å². The van der Waals surface area contributed by atoms with Crippen LogP contribution in [0.5, 0.6) is 0 Å². The number of anilines is 1. The Hall–Kier alpha value is -1.11. The van der Waals surface area contributed by atoms with Crippen molar-refractivity contribution in [3.8, 4) is 0 Å². The molecule has 1 aliphatic rings. The van der Waals surface area contributed by atoms with Gasteiger partial charge in [-0.15, -0.1) is 0 Å². The number of nitrogens with one attached hydrogen (secondary N) is 1. The number of hydrogen-bond acceptors (Lipinski definition) is 4. The van der Waals surface area contributed by atoms with Crippen LogP contribution in [0.4, 0.5) is 5.69 Å². The van der Waals surface area contributed by atoms with Crippen LogP contribution < -0.4 is 10.5 Å². The number of aryl methyl sites for hydroxylation is 1. The van der Waals surface area contributed by atoms with E-state index in [0.29, 0.717) is 17.8 Å². The summed E-state index contributed by atoms with van der Waals surface area (Å²) >= 11 is 0. The fourth-order valence-corrected chi connectivity index (χ4v) is 3.80. The molecule has 20 heavy (non-hydrogen) atoms. The predicted octanol–water partition coefficient (Wildman–Crippen LogP) is 1.34. The number of rotatable bonds is 5. The molecule has 1 fully saturated rings. The first-order valence-corrected chi connectivity index (χ1v) is 8.55. The first kappa shape index (κ1) is 15.3. The highest BCUT2D eigenvalue weighted by atomic mass is 32.2. The van der Waals surface area contributed by atoms with Gasteiger partial charge >= 0.3 is 0 Å². The molecule has 0 bridgehead atoms. The van der Waals surface area contributed by atoms with Crippen molar-refractivity contribution < 1.29 is 8.42 Å². The number of benzene rings is 1. The lowest BCUT2D eigenvalue weighted by Crippen LogP contribution is -2.37. The van der Waals surface area contributed by atoms with Crippen LogP contribution >= 0.6 is 0 Å². The number of piperidine rings is 1. The topological polar surface area (TPSA) is 75.4 Å². The summed E-state index contributed by atoms with van der Waals surface area (Å²) in [5.74, 6) is 0. The minimum Gasteiger partial charge on any atom is -0.399 e. The van der Waals surface area contributed by atoms with E-state index in [1.807, 2.05) is 0 Å². The Kier molecular flexibility index (Phi) is 5.01. The molecular weight excluding hydrogens is 274 g/mol. The van der Waals surface area contributed by atoms with E-state index >= 15 is 0 Å². The van der Waals surface area contributed by atoms with Crippen LogP contribution in [-0.4, -0.2) is 39.5 Å². The van der Waals surface area contributed by atoms with Crippen molar-refractivity contribution in [1.29, 1.82) is 0 Å². The van der Waals surface area contributed by atoms with Gasteiger partial charge in [0, 0.05) is 18.8 Å². The van der Waals surface area contributed by atoms with E-state index in [1.165, 1.54) is 25.3 Å². The normalized spacial score (nSPS) is 17.2. The molecule has 6 heteroatoms. The maximum Gasteiger partial charge on any atom is 0.240 e. The highest BCUT2D eigenvalue weighted by molar-refractivity contribution is 7.89. The molecule has 0 unspecified atom stereocenters. The number of nitrogens with zero attached hydrogens (tertiary/aromatic N) is 1. The number of likely N-dealkylation sites (tertiary alicyclic amines) is 1. The third-order valence-electron chi connectivity index (χ3n) is 3.67. The van der Waals surface area contributed by atoms with Crippen molar-refractivity contribution in [3.63, 3.8) is 0 Å². The van der Waals surface area contributed by atoms with E-state index in [0.717, 1.165) is 19.6 Å². The van der Waals surface area contributed by atoms with Crippen LogP contribution in [0, 0.1) is 6.92 Å². The van der Waals surface area contributed by atoms with Crippen molar-refractivity contribution in [2.75, 3.05) is 31.9 Å². The second-order valence-electron chi connectivity index (χ2n) is 5.33. The molecule has 1 aromatic rings. The van der Waals surface area contributed by atoms with Crippen molar-refractivity contribution >= 4 is 15.7 Å². The minimum atomic E-state index is -3.47. The van der Waals surface area contributed by atoms with Crippen LogP contribution in [0.3, 0.4) is 0 Å². The first-order valence-electron chi connectivity index (χ1n) is 7.07. The fraction of sp³-hybridized carbons (Fsp3) is 0.571. The number of nitrogen functional groups attached to an aromatic ring is 1. The minimum absolute atomic E-state index is 0.274. The van der Waals surface area contributed by atoms with Crippen LogP contribution in [0.2, 0.25) is 0 Å². The maximum absolute atomic E-state index is 12.3. The fourth-order valence-electron chi connectivity index (χ4n) is 2.51. The van der Waals surface area contributed by atoms with Gasteiger partial charge in [-0.2, -0.15) is 0 Å². The zero-order valence-electron chi connectivity index (χ0n) is 11.9. The third-order valence-corrected chi connectivity index (χ3v) is 5.27. The van der Waals surface area contributed by atoms with Gasteiger partial charge < -0.3 is 10.6 Å². The lowest BCUT2D eigenvalue weighted by Gasteiger charge is -2.26. The second kappa shape index (κ2) is 6.56. The quantitative estimate of drug-likeness (QED) is 0.804. The summed E-state index contributed by atoms with van der Waals surface area (Å²) in [7, 11) is -3.47. The van der Waals surface area contributed by atoms with E-state index in [-0.39, 0.29) is 4.90 Å². The maximum atomic E-state index is 12.3. The average Bonchev–Trinajstić information content (AvgIpc) is 2.42. The SMILES string of the molecule is Cc1ccc(N)cc1S(=O)(=O)NCCN1CCCCC1. The van der Waals surface area contributed by atoms with Crippen LogP contribution in [-0.2, 0) is 10.0 Å². The Balaban J connectivity index is 1.95. The van der Waals surface area contributed by atoms with E-state index in [2.05, 4.69) is 9.62 Å². The standard InChI is InChI=1S/C14H23N3O2S/c1-12-5-6-13(15)11-14(12)20(18,19)16-7-10-17-8-3-2-4-9-17/h5-6,11,16H,2-4,7-10,15H2,1H3. The van der Waals surface area contributed by atoms with Crippen molar-refractivity contribution in [2.45, 2.75) is 31.1 Å². The van der Waals surface area contributed by atoms with Gasteiger partial charge in [0.1, 0.15) is 0 Å². The number of hydrogen-bond donors (Lipinski definition) is 2. The molecule has 5 nitrogen and oxygen atoms in total. The molecule has 1 aromatic carbocycles. The largest absolute Gasteiger partial charge is 0.399 e. The molecule has 0 atom stereocenters. The smallest absolute Gasteiger partial charge is 0.240 e. The molecule has 0 aliphatic carbocycles. The Labute approximate surface area is 121 Å². The Morgan fingerprint density at radius 2 is 1.95 bits per heavy atom. The van der Waals surface area contributed by atoms with Gasteiger partial charge in [0.15, 0.2) is 0 Å². The number of sulfonamides is 1. The molecule has 0 aromatic heterocycles. The summed E-state index contributed by atoms with van der Waals surface area (Å²) in [6, 6.07) is 4.95. The molecule has 0 radical (unpaired) electrons. The molecule has 3 N–H and O–H groups in total. The van der Waals surface area contributed by atoms with Crippen molar-refractivity contribution in [2.24, 2.45) is 0 Å². The van der Waals surface area contributed by atoms with Gasteiger partial charge in [0.2, 0.25) is 10.0 Å². The Morgan fingerprint density at radius 1 is 1.25 bits per heavy atom. The molecule has 0 spiro atoms. The van der Waals surface area contributed by atoms with Gasteiger partial charge in [-0.1, -0.05) is 12.5 Å². The predicted molar refractivity (Wildman–Crippen MR) is 81.1 cm³/mol. The van der Waals surface area contributed by atoms with Gasteiger partial charge in [-0.05, 0) is 50.6 Å². The molecule has 0 saturated carbocycles. The second-order valence-corrected chi connectivity index (χ2v) is 7.06. The first-order chi connectivity index (χ1) is 9.49. The Bertz CT molecular complexity index is 552. The van der Waals surface area contributed by atoms with Gasteiger partial charge in [0.05, 0.1) is 4.90 Å². The van der Waals surface area contributed by atoms with Crippen molar-refractivity contribution in [3.05, 3.63) is 23.8 Å². The molecule has 0 amide bonds. The molecule has 1 aliphatic heterocycles. The monoisotopic (exact) mass is 297 g/mol. The van der Waals surface area contributed by atoms with E-state index in [9.17, 15) is 8.42 Å². The highest BCUT2D eigenvalue weighted by Crippen LogP contribution is 2.18. The van der Waals surface area contributed by atoms with Gasteiger partial charge in [0.25, 0.3) is 0 Å². The summed E-state index contributed by atoms with van der Waals surface area (Å²) in [5.41, 5.74) is 6.85. The summed E-state index contributed by atoms with van der Waals surface area (Å²) in [4.78, 5) is 2.58. The molecule has 2 rings (SSSR count). The van der Waals surface area contributed by atoms with Crippen LogP contribution in [0.15, 0.2) is 23.1 Å². The Morgan fingerprint density at radius 3 is 2.65 bits per heavy atom. The molecule has 1 heterocycles. The van der Waals surface area contributed by atoms with E-state index in [4.69, 9.17) is 5.73 Å². The molecule has 112 valence electrons. The summed E-state index contributed by atoms with van der Waals surface area (Å²) in [6.45, 7) is 5.12. The van der Waals surface area contributed by atoms with Crippen LogP contribution in [0.1, 0.15) is 24.8 Å². The van der Waals surface area contributed by atoms with Gasteiger partial charge in [-0.25, -0.2) is 13.1 Å². The molecule has 1 saturated heterocycles. The summed E-state index contributed by atoms with van der Waals surface area (Å²) < 4.78 is 27.2. The van der Waals surface area contributed by atoms with E-state index < -0.39 is 10.0 Å². The lowest BCUT2D eigenvalue weighted by molar-refractivity contribution is 0.233. The number of nitrogens with two attached hydrogens (primary N) is 1. The highest BCUT2D eigenvalue weighted by Gasteiger charge is 2.17. The average molecular weight is 297 g/mol. The summed E-state index contributed by atoms with van der Waals surface area (Å²) in [5, 5.41) is 0. The molecular formula is C14H23N3O2S. The zero-order chi connectivity index (χ0) is 14.6. The zero-order valence-corrected chi connectivity index (χ0v) is 12.7. The van der Waals surface area contributed by atoms with Crippen LogP contribution in [0.25, 0.3) is 0 Å². The summed E-state index contributed by atoms with van der Waals surface area (Å²) in [6.07, 6.45) is 3.70. The van der Waals surface area contributed by atoms with Gasteiger partial charge in [-0.3, -0.25) is 0 Å². The lowest BCUT2D eigenvalue weighted by atomic mass is 10.1. The van der Waals surface area contributed by atoms with Crippen molar-refractivity contribution in [1.82, 2.24) is 9.62 Å².